The van der Waals surface area contributed by atoms with Crippen LogP contribution in [0, 0.1) is 13.8 Å². The summed E-state index contributed by atoms with van der Waals surface area (Å²) in [6.45, 7) is 3.58. The zero-order chi connectivity index (χ0) is 16.7. The summed E-state index contributed by atoms with van der Waals surface area (Å²) in [7, 11) is 1.41. The monoisotopic (exact) mass is 312 g/mol. The quantitative estimate of drug-likeness (QED) is 0.676. The van der Waals surface area contributed by atoms with Crippen LogP contribution in [0.4, 0.5) is 0 Å². The molecule has 6 heteroatoms. The highest BCUT2D eigenvalue weighted by atomic mass is 16.5. The molecule has 0 radical (unpaired) electrons. The Labute approximate surface area is 131 Å². The second kappa shape index (κ2) is 5.31. The van der Waals surface area contributed by atoms with E-state index in [0.717, 1.165) is 5.56 Å². The Morgan fingerprint density at radius 1 is 1.00 bits per heavy atom. The first kappa shape index (κ1) is 14.9. The first-order chi connectivity index (χ1) is 10.9. The number of aromatic amines is 2. The number of aromatic nitrogens is 2. The Bertz CT molecular complexity index is 1010. The molecular formula is C17H16N2O4. The average molecular weight is 312 g/mol. The molecule has 3 aromatic rings. The molecule has 0 amide bonds. The van der Waals surface area contributed by atoms with Crippen LogP contribution in [-0.2, 0) is 0 Å². The third-order valence-electron chi connectivity index (χ3n) is 3.82. The number of aromatic hydroxyl groups is 1. The number of phenols is 1. The van der Waals surface area contributed by atoms with Crippen LogP contribution >= 0.6 is 0 Å². The summed E-state index contributed by atoms with van der Waals surface area (Å²) in [6.07, 6.45) is 0. The fourth-order valence-corrected chi connectivity index (χ4v) is 2.69. The maximum absolute atomic E-state index is 12.4. The fraction of sp³-hybridized carbons (Fsp3) is 0.176. The minimum atomic E-state index is -0.353. The van der Waals surface area contributed by atoms with E-state index < -0.39 is 0 Å². The van der Waals surface area contributed by atoms with Crippen molar-refractivity contribution in [3.05, 3.63) is 56.1 Å². The molecule has 0 unspecified atom stereocenters. The van der Waals surface area contributed by atoms with Crippen LogP contribution in [0.15, 0.2) is 33.9 Å². The fourth-order valence-electron chi connectivity index (χ4n) is 2.69. The minimum Gasteiger partial charge on any atom is -0.507 e. The summed E-state index contributed by atoms with van der Waals surface area (Å²) in [6, 6.07) is 6.48. The van der Waals surface area contributed by atoms with Crippen molar-refractivity contribution in [1.82, 2.24) is 9.97 Å². The van der Waals surface area contributed by atoms with Crippen molar-refractivity contribution in [1.29, 1.82) is 0 Å². The number of benzene rings is 1. The average Bonchev–Trinajstić information content (AvgIpc) is 2.50. The first-order valence-electron chi connectivity index (χ1n) is 7.05. The van der Waals surface area contributed by atoms with E-state index in [0.29, 0.717) is 27.7 Å². The van der Waals surface area contributed by atoms with Gasteiger partial charge in [-0.3, -0.25) is 9.59 Å². The van der Waals surface area contributed by atoms with Gasteiger partial charge in [0.2, 0.25) is 0 Å². The number of H-pyrrole nitrogens is 2. The molecule has 0 saturated heterocycles. The summed E-state index contributed by atoms with van der Waals surface area (Å²) in [5.41, 5.74) is 2.42. The zero-order valence-electron chi connectivity index (χ0n) is 13.0. The van der Waals surface area contributed by atoms with Gasteiger partial charge < -0.3 is 19.8 Å². The minimum absolute atomic E-state index is 0.229. The first-order valence-corrected chi connectivity index (χ1v) is 7.05. The van der Waals surface area contributed by atoms with Crippen molar-refractivity contribution in [2.75, 3.05) is 7.11 Å². The van der Waals surface area contributed by atoms with Gasteiger partial charge in [0.25, 0.3) is 11.1 Å². The van der Waals surface area contributed by atoms with Crippen molar-refractivity contribution >= 4 is 10.9 Å². The van der Waals surface area contributed by atoms with Crippen molar-refractivity contribution in [2.45, 2.75) is 13.8 Å². The van der Waals surface area contributed by atoms with Gasteiger partial charge in [0.15, 0.2) is 0 Å². The van der Waals surface area contributed by atoms with Gasteiger partial charge in [0.05, 0.1) is 18.3 Å². The summed E-state index contributed by atoms with van der Waals surface area (Å²) in [5.74, 6) is 0.460. The number of pyridine rings is 2. The number of rotatable bonds is 2. The summed E-state index contributed by atoms with van der Waals surface area (Å²) < 4.78 is 5.12. The van der Waals surface area contributed by atoms with Gasteiger partial charge in [0, 0.05) is 6.07 Å². The van der Waals surface area contributed by atoms with E-state index in [-0.39, 0.29) is 22.6 Å². The Morgan fingerprint density at radius 3 is 2.26 bits per heavy atom. The number of hydrogen-bond acceptors (Lipinski definition) is 4. The Kier molecular flexibility index (Phi) is 3.44. The Hall–Kier alpha value is -3.02. The van der Waals surface area contributed by atoms with E-state index in [1.165, 1.54) is 13.2 Å². The highest BCUT2D eigenvalue weighted by molar-refractivity contribution is 5.86. The molecule has 0 spiro atoms. The number of fused-ring (bicyclic) bond motifs is 1. The van der Waals surface area contributed by atoms with Crippen LogP contribution in [-0.4, -0.2) is 22.2 Å². The highest BCUT2D eigenvalue weighted by Crippen LogP contribution is 2.29. The SMILES string of the molecule is COc1cc(=O)[nH]c2cc(-c3cc(C)c(O)c(C)c3)[nH]c(=O)c12. The molecule has 1 aromatic carbocycles. The zero-order valence-corrected chi connectivity index (χ0v) is 13.0. The standard InChI is InChI=1S/C17H16N2O4/c1-8-4-10(5-9(2)16(8)21)11-6-12-15(17(22)19-11)13(23-3)7-14(20)18-12/h4-7,21H,1-3H3,(H,18,20)(H,19,22). The number of methoxy groups -OCH3 is 1. The van der Waals surface area contributed by atoms with Gasteiger partial charge in [-0.25, -0.2) is 0 Å². The molecule has 0 aliphatic carbocycles. The van der Waals surface area contributed by atoms with Gasteiger partial charge in [-0.1, -0.05) is 0 Å². The van der Waals surface area contributed by atoms with Crippen LogP contribution in [0.25, 0.3) is 22.2 Å². The van der Waals surface area contributed by atoms with E-state index in [4.69, 9.17) is 4.74 Å². The number of phenolic OH excluding ortho intramolecular Hbond substituents is 1. The Balaban J connectivity index is 2.33. The van der Waals surface area contributed by atoms with Gasteiger partial charge in [-0.15, -0.1) is 0 Å². The van der Waals surface area contributed by atoms with E-state index in [1.807, 2.05) is 0 Å². The third kappa shape index (κ3) is 2.48. The van der Waals surface area contributed by atoms with Crippen LogP contribution in [0.3, 0.4) is 0 Å². The van der Waals surface area contributed by atoms with E-state index in [9.17, 15) is 14.7 Å². The topological polar surface area (TPSA) is 95.2 Å². The Morgan fingerprint density at radius 2 is 1.65 bits per heavy atom. The van der Waals surface area contributed by atoms with Crippen molar-refractivity contribution in [2.24, 2.45) is 0 Å². The number of aryl methyl sites for hydroxylation is 2. The normalized spacial score (nSPS) is 10.9. The molecule has 3 N–H and O–H groups in total. The lowest BCUT2D eigenvalue weighted by atomic mass is 10.0. The van der Waals surface area contributed by atoms with E-state index >= 15 is 0 Å². The molecule has 0 fully saturated rings. The molecule has 23 heavy (non-hydrogen) atoms. The molecular weight excluding hydrogens is 296 g/mol. The van der Waals surface area contributed by atoms with E-state index in [2.05, 4.69) is 9.97 Å². The predicted molar refractivity (Wildman–Crippen MR) is 88.3 cm³/mol. The number of hydrogen-bond donors (Lipinski definition) is 3. The molecule has 6 nitrogen and oxygen atoms in total. The third-order valence-corrected chi connectivity index (χ3v) is 3.82. The van der Waals surface area contributed by atoms with Gasteiger partial charge in [-0.05, 0) is 48.7 Å². The van der Waals surface area contributed by atoms with Crippen LogP contribution in [0.2, 0.25) is 0 Å². The van der Waals surface area contributed by atoms with Gasteiger partial charge in [0.1, 0.15) is 16.9 Å². The van der Waals surface area contributed by atoms with Crippen molar-refractivity contribution in [3.8, 4) is 22.8 Å². The summed E-state index contributed by atoms with van der Waals surface area (Å²) in [4.78, 5) is 29.5. The molecule has 0 bridgehead atoms. The van der Waals surface area contributed by atoms with E-state index in [1.54, 1.807) is 32.0 Å². The molecule has 0 saturated carbocycles. The van der Waals surface area contributed by atoms with Crippen LogP contribution in [0.5, 0.6) is 11.5 Å². The molecule has 118 valence electrons. The number of nitrogens with one attached hydrogen (secondary N) is 2. The lowest BCUT2D eigenvalue weighted by Crippen LogP contribution is -2.14. The molecule has 0 aliphatic rings. The van der Waals surface area contributed by atoms with Crippen molar-refractivity contribution in [3.63, 3.8) is 0 Å². The predicted octanol–water partition coefficient (Wildman–Crippen LogP) is 2.21. The lowest BCUT2D eigenvalue weighted by Gasteiger charge is -2.10. The molecule has 3 rings (SSSR count). The maximum Gasteiger partial charge on any atom is 0.261 e. The second-order valence-electron chi connectivity index (χ2n) is 5.46. The lowest BCUT2D eigenvalue weighted by molar-refractivity contribution is 0.418. The largest absolute Gasteiger partial charge is 0.507 e. The van der Waals surface area contributed by atoms with Crippen LogP contribution < -0.4 is 15.9 Å². The summed E-state index contributed by atoms with van der Waals surface area (Å²) >= 11 is 0. The highest BCUT2D eigenvalue weighted by Gasteiger charge is 2.12. The van der Waals surface area contributed by atoms with Gasteiger partial charge in [-0.2, -0.15) is 0 Å². The molecule has 2 heterocycles. The van der Waals surface area contributed by atoms with Gasteiger partial charge >= 0.3 is 0 Å². The smallest absolute Gasteiger partial charge is 0.261 e. The molecule has 0 atom stereocenters. The second-order valence-corrected chi connectivity index (χ2v) is 5.46. The molecule has 2 aromatic heterocycles. The van der Waals surface area contributed by atoms with Crippen molar-refractivity contribution < 1.29 is 9.84 Å². The maximum atomic E-state index is 12.4. The van der Waals surface area contributed by atoms with Crippen LogP contribution in [0.1, 0.15) is 11.1 Å². The molecule has 0 aliphatic heterocycles. The number of ether oxygens (including phenoxy) is 1. The summed E-state index contributed by atoms with van der Waals surface area (Å²) in [5, 5.41) is 10.2.